The van der Waals surface area contributed by atoms with Crippen molar-refractivity contribution in [2.45, 2.75) is 58.4 Å². The van der Waals surface area contributed by atoms with Crippen molar-refractivity contribution in [1.29, 1.82) is 0 Å². The molecule has 0 unspecified atom stereocenters. The molecule has 0 aromatic rings. The molecule has 3 N–H and O–H groups in total. The van der Waals surface area contributed by atoms with Crippen LogP contribution < -0.4 is 10.6 Å². The monoisotopic (exact) mass is 256 g/mol. The number of aliphatic carboxylic acids is 1. The summed E-state index contributed by atoms with van der Waals surface area (Å²) in [6.07, 6.45) is 3.79. The van der Waals surface area contributed by atoms with Gasteiger partial charge in [0.2, 0.25) is 0 Å². The molecule has 1 fully saturated rings. The van der Waals surface area contributed by atoms with Gasteiger partial charge in [-0.15, -0.1) is 0 Å². The van der Waals surface area contributed by atoms with E-state index in [2.05, 4.69) is 10.6 Å². The predicted molar refractivity (Wildman–Crippen MR) is 69.4 cm³/mol. The van der Waals surface area contributed by atoms with E-state index in [4.69, 9.17) is 0 Å². The molecule has 2 amide bonds. The third kappa shape index (κ3) is 4.20. The molecular formula is C13H24N2O3. The Morgan fingerprint density at radius 1 is 1.17 bits per heavy atom. The molecule has 0 aliphatic heterocycles. The minimum atomic E-state index is -1.07. The highest BCUT2D eigenvalue weighted by Gasteiger charge is 2.41. The summed E-state index contributed by atoms with van der Waals surface area (Å²) in [5.41, 5.74) is -1.08. The highest BCUT2D eigenvalue weighted by molar-refractivity contribution is 5.86. The van der Waals surface area contributed by atoms with E-state index < -0.39 is 11.5 Å². The Morgan fingerprint density at radius 3 is 2.17 bits per heavy atom. The number of carboxylic acids is 1. The maximum Gasteiger partial charge on any atom is 0.329 e. The zero-order chi connectivity index (χ0) is 13.8. The molecule has 0 atom stereocenters. The Hall–Kier alpha value is -1.26. The molecule has 104 valence electrons. The first-order valence-electron chi connectivity index (χ1n) is 6.55. The zero-order valence-corrected chi connectivity index (χ0v) is 11.5. The number of hydrogen-bond donors (Lipinski definition) is 3. The average Bonchev–Trinajstić information content (AvgIpc) is 2.26. The van der Waals surface area contributed by atoms with E-state index in [1.165, 1.54) is 0 Å². The summed E-state index contributed by atoms with van der Waals surface area (Å²) in [7, 11) is 0. The van der Waals surface area contributed by atoms with Crippen LogP contribution in [0.3, 0.4) is 0 Å². The van der Waals surface area contributed by atoms with Crippen molar-refractivity contribution in [3.05, 3.63) is 0 Å². The summed E-state index contributed by atoms with van der Waals surface area (Å²) in [6.45, 7) is 6.57. The molecule has 5 nitrogen and oxygen atoms in total. The summed E-state index contributed by atoms with van der Waals surface area (Å²) in [4.78, 5) is 23.2. The quantitative estimate of drug-likeness (QED) is 0.723. The normalized spacial score (nSPS) is 19.1. The van der Waals surface area contributed by atoms with Gasteiger partial charge in [0.1, 0.15) is 5.54 Å². The van der Waals surface area contributed by atoms with Gasteiger partial charge in [-0.2, -0.15) is 0 Å². The van der Waals surface area contributed by atoms with Crippen LogP contribution in [0.5, 0.6) is 0 Å². The van der Waals surface area contributed by atoms with Gasteiger partial charge in [-0.05, 0) is 18.3 Å². The van der Waals surface area contributed by atoms with Crippen molar-refractivity contribution in [2.75, 3.05) is 6.54 Å². The van der Waals surface area contributed by atoms with E-state index in [0.717, 1.165) is 19.3 Å². The van der Waals surface area contributed by atoms with Crippen LogP contribution in [0, 0.1) is 5.41 Å². The van der Waals surface area contributed by atoms with Gasteiger partial charge < -0.3 is 15.7 Å². The lowest BCUT2D eigenvalue weighted by Gasteiger charge is -2.34. The SMILES string of the molecule is CC(C)(C)CNC(=O)NC1(C(=O)O)CCCCC1. The van der Waals surface area contributed by atoms with E-state index >= 15 is 0 Å². The van der Waals surface area contributed by atoms with Crippen molar-refractivity contribution >= 4 is 12.0 Å². The first-order chi connectivity index (χ1) is 8.25. The molecule has 0 aromatic heterocycles. The summed E-state index contributed by atoms with van der Waals surface area (Å²) in [5, 5.41) is 14.7. The highest BCUT2D eigenvalue weighted by atomic mass is 16.4. The lowest BCUT2D eigenvalue weighted by Crippen LogP contribution is -2.58. The van der Waals surface area contributed by atoms with E-state index in [9.17, 15) is 14.7 Å². The zero-order valence-electron chi connectivity index (χ0n) is 11.5. The number of nitrogens with one attached hydrogen (secondary N) is 2. The minimum absolute atomic E-state index is 0.0136. The van der Waals surface area contributed by atoms with Gasteiger partial charge in [0.25, 0.3) is 0 Å². The molecule has 1 aliphatic carbocycles. The van der Waals surface area contributed by atoms with Gasteiger partial charge in [-0.25, -0.2) is 9.59 Å². The van der Waals surface area contributed by atoms with Crippen LogP contribution in [-0.2, 0) is 4.79 Å². The fourth-order valence-electron chi connectivity index (χ4n) is 2.15. The molecule has 0 saturated heterocycles. The number of hydrogen-bond acceptors (Lipinski definition) is 2. The van der Waals surface area contributed by atoms with E-state index in [0.29, 0.717) is 19.4 Å². The largest absolute Gasteiger partial charge is 0.480 e. The molecule has 0 heterocycles. The smallest absolute Gasteiger partial charge is 0.329 e. The summed E-state index contributed by atoms with van der Waals surface area (Å²) in [5.74, 6) is -0.923. The Bertz CT molecular complexity index is 315. The number of rotatable bonds is 3. The molecule has 18 heavy (non-hydrogen) atoms. The van der Waals surface area contributed by atoms with Crippen LogP contribution in [0.1, 0.15) is 52.9 Å². The fraction of sp³-hybridized carbons (Fsp3) is 0.846. The molecule has 1 aliphatic rings. The predicted octanol–water partition coefficient (Wildman–Crippen LogP) is 2.12. The molecule has 1 rings (SSSR count). The fourth-order valence-corrected chi connectivity index (χ4v) is 2.15. The van der Waals surface area contributed by atoms with Crippen LogP contribution in [-0.4, -0.2) is 29.2 Å². The minimum Gasteiger partial charge on any atom is -0.480 e. The van der Waals surface area contributed by atoms with Crippen molar-refractivity contribution in [1.82, 2.24) is 10.6 Å². The Kier molecular flexibility index (Phi) is 4.59. The first-order valence-corrected chi connectivity index (χ1v) is 6.55. The van der Waals surface area contributed by atoms with Gasteiger partial charge in [-0.1, -0.05) is 40.0 Å². The van der Waals surface area contributed by atoms with E-state index in [1.54, 1.807) is 0 Å². The van der Waals surface area contributed by atoms with Gasteiger partial charge >= 0.3 is 12.0 Å². The van der Waals surface area contributed by atoms with Crippen LogP contribution in [0.2, 0.25) is 0 Å². The van der Waals surface area contributed by atoms with Crippen molar-refractivity contribution in [3.63, 3.8) is 0 Å². The molecule has 0 bridgehead atoms. The van der Waals surface area contributed by atoms with Crippen LogP contribution >= 0.6 is 0 Å². The summed E-state index contributed by atoms with van der Waals surface area (Å²) in [6, 6.07) is -0.380. The van der Waals surface area contributed by atoms with Crippen molar-refractivity contribution < 1.29 is 14.7 Å². The lowest BCUT2D eigenvalue weighted by atomic mass is 9.82. The second-order valence-corrected chi connectivity index (χ2v) is 6.32. The van der Waals surface area contributed by atoms with E-state index in [1.807, 2.05) is 20.8 Å². The third-order valence-electron chi connectivity index (χ3n) is 3.25. The van der Waals surface area contributed by atoms with Gasteiger partial charge in [0.15, 0.2) is 0 Å². The van der Waals surface area contributed by atoms with Crippen LogP contribution in [0.4, 0.5) is 4.79 Å². The van der Waals surface area contributed by atoms with Gasteiger partial charge in [0.05, 0.1) is 0 Å². The second kappa shape index (κ2) is 5.59. The number of carbonyl (C=O) groups excluding carboxylic acids is 1. The van der Waals surface area contributed by atoms with Gasteiger partial charge in [-0.3, -0.25) is 0 Å². The second-order valence-electron chi connectivity index (χ2n) is 6.32. The molecule has 0 radical (unpaired) electrons. The number of urea groups is 1. The molecule has 0 aromatic carbocycles. The van der Waals surface area contributed by atoms with Crippen LogP contribution in [0.15, 0.2) is 0 Å². The Morgan fingerprint density at radius 2 is 1.72 bits per heavy atom. The van der Waals surface area contributed by atoms with Crippen molar-refractivity contribution in [3.8, 4) is 0 Å². The van der Waals surface area contributed by atoms with Crippen LogP contribution in [0.25, 0.3) is 0 Å². The molecule has 1 saturated carbocycles. The molecule has 0 spiro atoms. The van der Waals surface area contributed by atoms with Crippen molar-refractivity contribution in [2.24, 2.45) is 5.41 Å². The Labute approximate surface area is 108 Å². The maximum atomic E-state index is 11.8. The number of carbonyl (C=O) groups is 2. The third-order valence-corrected chi connectivity index (χ3v) is 3.25. The topological polar surface area (TPSA) is 78.4 Å². The molecule has 5 heteroatoms. The summed E-state index contributed by atoms with van der Waals surface area (Å²) >= 11 is 0. The lowest BCUT2D eigenvalue weighted by molar-refractivity contribution is -0.145. The number of amides is 2. The van der Waals surface area contributed by atoms with E-state index in [-0.39, 0.29) is 11.4 Å². The standard InChI is InChI=1S/C13H24N2O3/c1-12(2,3)9-14-11(18)15-13(10(16)17)7-5-4-6-8-13/h4-9H2,1-3H3,(H,16,17)(H2,14,15,18). The first kappa shape index (κ1) is 14.8. The van der Waals surface area contributed by atoms with Gasteiger partial charge in [0, 0.05) is 6.54 Å². The average molecular weight is 256 g/mol. The summed E-state index contributed by atoms with van der Waals surface area (Å²) < 4.78 is 0. The molecular weight excluding hydrogens is 232 g/mol. The number of carboxylic acid groups (broad SMARTS) is 1. The maximum absolute atomic E-state index is 11.8. The Balaban J connectivity index is 2.56. The highest BCUT2D eigenvalue weighted by Crippen LogP contribution is 2.28.